The lowest BCUT2D eigenvalue weighted by Crippen LogP contribution is -2.63. The fraction of sp³-hybridized carbons (Fsp3) is 0.709. The van der Waals surface area contributed by atoms with Crippen molar-refractivity contribution < 1.29 is 102 Å². The maximum absolute atomic E-state index is 15.0. The normalized spacial score (nSPS) is 17.5. The number of hydrogen-bond acceptors (Lipinski definition) is 30. The average Bonchev–Trinajstić information content (AvgIpc) is 1.64. The molecule has 2 fully saturated rings. The maximum Gasteiger partial charge on any atom is 0.326 e. The van der Waals surface area contributed by atoms with Crippen LogP contribution in [-0.2, 0) is 92.7 Å². The Kier molecular flexibility index (Phi) is 55.1. The number of carbonyl (C=O) groups is 18. The minimum Gasteiger partial charge on any atom is -0.508 e. The number of aliphatic hydroxyl groups is 1. The number of carboxylic acids is 1. The summed E-state index contributed by atoms with van der Waals surface area (Å²) in [5, 5.41) is 76.8. The number of hydrogen-bond donors (Lipinski definition) is 30. The molecule has 2 heterocycles. The van der Waals surface area contributed by atoms with E-state index in [0.717, 1.165) is 6.92 Å². The second kappa shape index (κ2) is 62.8. The van der Waals surface area contributed by atoms with Crippen molar-refractivity contribution in [3.63, 3.8) is 0 Å². The third-order valence-corrected chi connectivity index (χ3v) is 24.3. The molecule has 20 atom stereocenters. The van der Waals surface area contributed by atoms with Crippen molar-refractivity contribution in [2.24, 2.45) is 69.4 Å². The van der Waals surface area contributed by atoms with Gasteiger partial charge in [-0.25, -0.2) is 4.79 Å². The van der Waals surface area contributed by atoms with Crippen LogP contribution in [-0.4, -0.2) is 317 Å². The molecule has 136 heavy (non-hydrogen) atoms. The molecule has 0 unspecified atom stereocenters. The van der Waals surface area contributed by atoms with Crippen LogP contribution in [0, 0.1) is 23.2 Å². The van der Waals surface area contributed by atoms with Gasteiger partial charge < -0.3 is 156 Å². The molecule has 768 valence electrons. The van der Waals surface area contributed by atoms with E-state index in [1.54, 1.807) is 41.5 Å². The monoisotopic (exact) mass is 1960 g/mol. The van der Waals surface area contributed by atoms with Crippen molar-refractivity contribution >= 4 is 138 Å². The Balaban J connectivity index is 1.92. The highest BCUT2D eigenvalue weighted by molar-refractivity contribution is 7.80. The predicted octanol–water partition coefficient (Wildman–Crippen LogP) is -8.32. The maximum atomic E-state index is 15.0. The summed E-state index contributed by atoms with van der Waals surface area (Å²) in [5.41, 5.74) is 52.1. The van der Waals surface area contributed by atoms with Crippen LogP contribution in [0.2, 0.25) is 0 Å². The molecule has 1 aromatic carbocycles. The van der Waals surface area contributed by atoms with E-state index in [9.17, 15) is 102 Å². The molecule has 37 N–H and O–H groups in total. The molecule has 17 amide bonds. The number of nitrogens with two attached hydrogens (primary N) is 9. The summed E-state index contributed by atoms with van der Waals surface area (Å²) < 4.78 is 0. The summed E-state index contributed by atoms with van der Waals surface area (Å²) in [6.07, 6.45) is 0.959. The largest absolute Gasteiger partial charge is 0.508 e. The fourth-order valence-electron chi connectivity index (χ4n) is 15.1. The first-order valence-electron chi connectivity index (χ1n) is 46.6. The van der Waals surface area contributed by atoms with Gasteiger partial charge in [0.1, 0.15) is 102 Å². The highest BCUT2D eigenvalue weighted by Crippen LogP contribution is 2.26. The number of phenols is 1. The van der Waals surface area contributed by atoms with Gasteiger partial charge in [0.15, 0.2) is 5.96 Å². The molecule has 1 aromatic rings. The summed E-state index contributed by atoms with van der Waals surface area (Å²) in [4.78, 5) is 257. The minimum absolute atomic E-state index is 0.0590. The molecule has 0 saturated carbocycles. The number of phenolic OH excluding ortho intramolecular Hbond substituents is 1. The first-order valence-corrected chi connectivity index (χ1v) is 47.8. The van der Waals surface area contributed by atoms with Crippen molar-refractivity contribution in [3.8, 4) is 5.75 Å². The molecule has 0 bridgehead atoms. The second-order valence-corrected chi connectivity index (χ2v) is 35.3. The summed E-state index contributed by atoms with van der Waals surface area (Å²) >= 11 is 8.47. The van der Waals surface area contributed by atoms with E-state index in [1.165, 1.54) is 34.1 Å². The number of nitrogens with zero attached hydrogens (tertiary/aromatic N) is 2. The number of thiol groups is 2. The number of amides is 17. The third kappa shape index (κ3) is 40.1. The van der Waals surface area contributed by atoms with Gasteiger partial charge in [-0.2, -0.15) is 25.3 Å². The van der Waals surface area contributed by atoms with E-state index in [4.69, 9.17) is 57.0 Å². The van der Waals surface area contributed by atoms with Gasteiger partial charge in [0.2, 0.25) is 100 Å². The van der Waals surface area contributed by atoms with Gasteiger partial charge in [0, 0.05) is 37.6 Å². The van der Waals surface area contributed by atoms with Crippen LogP contribution in [0.1, 0.15) is 189 Å². The lowest BCUT2D eigenvalue weighted by atomic mass is 9.94. The summed E-state index contributed by atoms with van der Waals surface area (Å²) in [5.74, 6) is -20.4. The molecule has 0 aromatic heterocycles. The number of nitrogens with one attached hydrogen (secondary N) is 16. The van der Waals surface area contributed by atoms with E-state index in [2.05, 4.69) is 105 Å². The van der Waals surface area contributed by atoms with Crippen LogP contribution in [0.25, 0.3) is 0 Å². The van der Waals surface area contributed by atoms with Gasteiger partial charge in [0.05, 0.1) is 18.6 Å². The number of carboxylic acid groups (broad SMARTS) is 1. The summed E-state index contributed by atoms with van der Waals surface area (Å²) in [6, 6.07) is -19.0. The Morgan fingerprint density at radius 3 is 1.21 bits per heavy atom. The first kappa shape index (κ1) is 119. The van der Waals surface area contributed by atoms with E-state index < -0.39 is 251 Å². The van der Waals surface area contributed by atoms with Crippen molar-refractivity contribution in [1.29, 1.82) is 5.41 Å². The first-order chi connectivity index (χ1) is 64.5. The lowest BCUT2D eigenvalue weighted by molar-refractivity contribution is -0.145. The Morgan fingerprint density at radius 1 is 0.412 bits per heavy atom. The van der Waals surface area contributed by atoms with Crippen molar-refractivity contribution in [2.75, 3.05) is 70.4 Å². The molecule has 3 rings (SSSR count). The smallest absolute Gasteiger partial charge is 0.326 e. The Labute approximate surface area is 804 Å². The standard InChI is InChI=1S/C86H151N27O21S2/c1-8-46(5)66(110-81(129)67(47(6)9-2)109-79(127)63-24-18-40-113(63)84(132)65(45(3)4)108-78(126)62-23-17-39-112(62)83(131)56(21-12-15-34-89)102-69(117)51(93)19-10-13-32-87)80(128)105-58(41-49-25-27-50(115)28-26-49)74(122)107-61(44-136)77(125)104-59(42-64(94)116)75(123)99-53(22-16-38-97-86(95)96)70(118)100-55(30-36-91)73(121)111-68(48(7)114)82(130)101-54(29-35-90)72(120)98-52(20-11-14-33-88)71(119)106-60(43-135)76(124)103-57(31-37-92)85(133)134/h25-28,45-48,51-63,65-68,114-115,135-136H,8-24,29-44,87-93H2,1-7H3,(H2,94,116)(H,98,120)(H,99,123)(H,100,118)(H,101,130)(H,102,117)(H,103,124)(H,104,125)(H,105,128)(H,106,119)(H,107,122)(H,108,126)(H,109,127)(H,110,129)(H,111,121)(H,133,134)(H4,95,96,97)/t46-,47-,48+,51-,52-,53-,54+,55-,56-,57-,58-,59-,60-,61-,62-,63-,65-,66-,67-,68-/m0/s1. The van der Waals surface area contributed by atoms with Crippen molar-refractivity contribution in [1.82, 2.24) is 89.6 Å². The van der Waals surface area contributed by atoms with Crippen LogP contribution in [0.15, 0.2) is 24.3 Å². The van der Waals surface area contributed by atoms with Gasteiger partial charge >= 0.3 is 5.97 Å². The third-order valence-electron chi connectivity index (χ3n) is 23.5. The predicted molar refractivity (Wildman–Crippen MR) is 510 cm³/mol. The zero-order valence-electron chi connectivity index (χ0n) is 78.9. The molecular formula is C86H151N27O21S2. The number of primary amides is 1. The highest BCUT2D eigenvalue weighted by Gasteiger charge is 2.46. The summed E-state index contributed by atoms with van der Waals surface area (Å²) in [7, 11) is 0. The number of likely N-dealkylation sites (tertiary alicyclic amines) is 2. The summed E-state index contributed by atoms with van der Waals surface area (Å²) in [6.45, 7) is 11.8. The Bertz CT molecular complexity index is 4110. The van der Waals surface area contributed by atoms with Crippen LogP contribution >= 0.6 is 25.3 Å². The van der Waals surface area contributed by atoms with Crippen molar-refractivity contribution in [3.05, 3.63) is 29.8 Å². The van der Waals surface area contributed by atoms with Crippen LogP contribution < -0.4 is 131 Å². The number of aliphatic hydroxyl groups excluding tert-OH is 1. The molecule has 2 aliphatic heterocycles. The van der Waals surface area contributed by atoms with E-state index >= 15 is 0 Å². The average molecular weight is 1960 g/mol. The SMILES string of the molecule is CC[C@H](C)[C@H](NC(=O)[C@@H](NC(=O)[C@@H]1CCCN1C(=O)[C@@H](NC(=O)[C@@H]1CCCN1C(=O)[C@H](CCCCN)NC(=O)[C@@H](N)CCCCN)C(C)C)[C@@H](C)CC)C(=O)N[C@@H](Cc1ccc(O)cc1)C(=O)N[C@@H](CS)C(=O)N[C@@H](CC(N)=O)C(=O)N[C@@H](CCCNC(=N)N)C(=O)N[C@@H](CCN)C(=O)N[C@H](C(=O)N[C@H](CCN)C(=O)N[C@@H](CCCCN)C(=O)N[C@@H](CS)C(=O)N[C@@H](CCN)C(=O)O)[C@@H](C)O. The number of carbonyl (C=O) groups excluding carboxylic acids is 17. The number of aliphatic carboxylic acids is 1. The fourth-order valence-corrected chi connectivity index (χ4v) is 15.6. The molecule has 48 nitrogen and oxygen atoms in total. The molecule has 0 spiro atoms. The van der Waals surface area contributed by atoms with Crippen LogP contribution in [0.3, 0.4) is 0 Å². The van der Waals surface area contributed by atoms with Gasteiger partial charge in [-0.05, 0) is 191 Å². The number of rotatable bonds is 65. The van der Waals surface area contributed by atoms with Gasteiger partial charge in [-0.15, -0.1) is 0 Å². The number of guanidine groups is 1. The van der Waals surface area contributed by atoms with E-state index in [1.807, 2.05) is 0 Å². The second-order valence-electron chi connectivity index (χ2n) is 34.6. The van der Waals surface area contributed by atoms with Crippen LogP contribution in [0.4, 0.5) is 0 Å². The molecule has 0 radical (unpaired) electrons. The zero-order chi connectivity index (χ0) is 102. The quantitative estimate of drug-likeness (QED) is 0.0125. The van der Waals surface area contributed by atoms with Gasteiger partial charge in [-0.3, -0.25) is 86.9 Å². The zero-order valence-corrected chi connectivity index (χ0v) is 80.7. The van der Waals surface area contributed by atoms with Crippen LogP contribution in [0.5, 0.6) is 5.75 Å². The topological polar surface area (TPSA) is 813 Å². The number of aromatic hydroxyl groups is 1. The Hall–Kier alpha value is -10.9. The Morgan fingerprint density at radius 2 is 0.765 bits per heavy atom. The van der Waals surface area contributed by atoms with Gasteiger partial charge in [-0.1, -0.05) is 72.9 Å². The molecular weight excluding hydrogens is 1810 g/mol. The van der Waals surface area contributed by atoms with E-state index in [-0.39, 0.29) is 134 Å². The molecule has 2 saturated heterocycles. The lowest BCUT2D eigenvalue weighted by Gasteiger charge is -2.34. The minimum atomic E-state index is -1.95. The molecule has 50 heteroatoms. The number of benzene rings is 1. The molecule has 0 aliphatic carbocycles. The van der Waals surface area contributed by atoms with E-state index in [0.29, 0.717) is 76.4 Å². The van der Waals surface area contributed by atoms with Crippen molar-refractivity contribution in [2.45, 2.75) is 299 Å². The van der Waals surface area contributed by atoms with Gasteiger partial charge in [0.25, 0.3) is 0 Å². The number of unbranched alkanes of at least 4 members (excludes halogenated alkanes) is 3. The highest BCUT2D eigenvalue weighted by atomic mass is 32.1. The molecule has 2 aliphatic rings.